The summed E-state index contributed by atoms with van der Waals surface area (Å²) in [5, 5.41) is 12.9. The molecule has 0 aliphatic carbocycles. The summed E-state index contributed by atoms with van der Waals surface area (Å²) >= 11 is 3.26. The number of methoxy groups -OCH3 is 1. The van der Waals surface area contributed by atoms with E-state index < -0.39 is 11.6 Å². The molecule has 0 saturated carbocycles. The molecule has 1 N–H and O–H groups in total. The van der Waals surface area contributed by atoms with Crippen molar-refractivity contribution in [2.45, 2.75) is 0 Å². The van der Waals surface area contributed by atoms with Gasteiger partial charge >= 0.3 is 0 Å². The summed E-state index contributed by atoms with van der Waals surface area (Å²) in [4.78, 5) is 12.4. The Hall–Kier alpha value is -2.72. The number of nitrogens with zero attached hydrogens (tertiary/aromatic N) is 2. The van der Waals surface area contributed by atoms with Crippen LogP contribution in [0, 0.1) is 17.1 Å². The molecule has 0 saturated heterocycles. The summed E-state index contributed by atoms with van der Waals surface area (Å²) in [7, 11) is 1.48. The van der Waals surface area contributed by atoms with Crippen molar-refractivity contribution >= 4 is 33.1 Å². The van der Waals surface area contributed by atoms with Crippen LogP contribution in [0.3, 0.4) is 0 Å². The maximum Gasteiger partial charge on any atom is 0.225 e. The highest BCUT2D eigenvalue weighted by molar-refractivity contribution is 9.10. The molecule has 0 aromatic heterocycles. The zero-order chi connectivity index (χ0) is 16.8. The van der Waals surface area contributed by atoms with E-state index in [1.165, 1.54) is 37.4 Å². The number of nitrogens with one attached hydrogen (secondary N) is 1. The number of ketones is 1. The van der Waals surface area contributed by atoms with Gasteiger partial charge in [-0.1, -0.05) is 15.9 Å². The van der Waals surface area contributed by atoms with Crippen LogP contribution in [-0.4, -0.2) is 18.6 Å². The molecule has 2 aromatic carbocycles. The number of anilines is 1. The number of carbonyl (C=O) groups excluding carboxylic acids is 1. The Morgan fingerprint density at radius 3 is 2.61 bits per heavy atom. The molecule has 0 bridgehead atoms. The van der Waals surface area contributed by atoms with Gasteiger partial charge in [-0.3, -0.25) is 10.2 Å². The van der Waals surface area contributed by atoms with Gasteiger partial charge in [0, 0.05) is 10.0 Å². The minimum atomic E-state index is -0.562. The van der Waals surface area contributed by atoms with E-state index >= 15 is 0 Å². The Morgan fingerprint density at radius 2 is 2.00 bits per heavy atom. The van der Waals surface area contributed by atoms with E-state index in [2.05, 4.69) is 26.5 Å². The van der Waals surface area contributed by atoms with Gasteiger partial charge in [0.05, 0.1) is 12.8 Å². The van der Waals surface area contributed by atoms with Crippen LogP contribution in [0.1, 0.15) is 10.4 Å². The van der Waals surface area contributed by atoms with Gasteiger partial charge < -0.3 is 4.74 Å². The molecule has 0 heterocycles. The summed E-state index contributed by atoms with van der Waals surface area (Å²) in [5.74, 6) is -0.468. The van der Waals surface area contributed by atoms with Crippen molar-refractivity contribution in [3.8, 4) is 11.8 Å². The summed E-state index contributed by atoms with van der Waals surface area (Å²) in [5.41, 5.74) is 2.93. The van der Waals surface area contributed by atoms with Crippen LogP contribution in [0.25, 0.3) is 0 Å². The first-order valence-electron chi connectivity index (χ1n) is 6.42. The van der Waals surface area contributed by atoms with E-state index in [-0.39, 0.29) is 11.3 Å². The maximum absolute atomic E-state index is 12.8. The van der Waals surface area contributed by atoms with Crippen LogP contribution in [0.5, 0.6) is 5.75 Å². The number of rotatable bonds is 5. The van der Waals surface area contributed by atoms with E-state index in [9.17, 15) is 9.18 Å². The minimum absolute atomic E-state index is 0.255. The third-order valence-electron chi connectivity index (χ3n) is 2.88. The molecular formula is C16H11BrFN3O2. The molecule has 0 spiro atoms. The number of nitriles is 1. The van der Waals surface area contributed by atoms with Crippen LogP contribution < -0.4 is 10.2 Å². The predicted molar refractivity (Wildman–Crippen MR) is 88.1 cm³/mol. The largest absolute Gasteiger partial charge is 0.497 e. The Balaban J connectivity index is 2.26. The van der Waals surface area contributed by atoms with Gasteiger partial charge in [0.25, 0.3) is 0 Å². The normalized spacial score (nSPS) is 10.8. The molecule has 0 amide bonds. The van der Waals surface area contributed by atoms with Crippen molar-refractivity contribution < 1.29 is 13.9 Å². The standard InChI is InChI=1S/C16H11BrFN3O2/c1-23-12-6-7-14(17)13(8-12)16(22)15(9-19)21-20-11-4-2-10(18)3-5-11/h2-8,20H,1H3/b21-15-. The summed E-state index contributed by atoms with van der Waals surface area (Å²) in [6.45, 7) is 0. The first kappa shape index (κ1) is 16.6. The number of ether oxygens (including phenoxy) is 1. The highest BCUT2D eigenvalue weighted by Crippen LogP contribution is 2.23. The first-order valence-corrected chi connectivity index (χ1v) is 7.22. The molecule has 0 fully saturated rings. The molecule has 7 heteroatoms. The number of carbonyl (C=O) groups is 1. The predicted octanol–water partition coefficient (Wildman–Crippen LogP) is 3.77. The fourth-order valence-corrected chi connectivity index (χ4v) is 2.13. The first-order chi connectivity index (χ1) is 11.0. The number of hydrazone groups is 1. The lowest BCUT2D eigenvalue weighted by Gasteiger charge is -2.06. The molecular weight excluding hydrogens is 365 g/mol. The van der Waals surface area contributed by atoms with Crippen molar-refractivity contribution in [2.24, 2.45) is 5.10 Å². The molecule has 0 aliphatic rings. The second-order valence-electron chi connectivity index (χ2n) is 4.37. The zero-order valence-electron chi connectivity index (χ0n) is 12.0. The fourth-order valence-electron chi connectivity index (χ4n) is 1.70. The number of hydrogen-bond acceptors (Lipinski definition) is 5. The van der Waals surface area contributed by atoms with Crippen molar-refractivity contribution in [2.75, 3.05) is 12.5 Å². The van der Waals surface area contributed by atoms with Gasteiger partial charge in [-0.2, -0.15) is 10.4 Å². The number of Topliss-reactive ketones (excluding diaryl/α,β-unsaturated/α-hetero) is 1. The maximum atomic E-state index is 12.8. The second-order valence-corrected chi connectivity index (χ2v) is 5.22. The van der Waals surface area contributed by atoms with Crippen molar-refractivity contribution in [1.29, 1.82) is 5.26 Å². The summed E-state index contributed by atoms with van der Waals surface area (Å²) < 4.78 is 18.4. The van der Waals surface area contributed by atoms with Crippen molar-refractivity contribution in [3.63, 3.8) is 0 Å². The van der Waals surface area contributed by atoms with Gasteiger partial charge in [0.15, 0.2) is 0 Å². The van der Waals surface area contributed by atoms with Crippen LogP contribution >= 0.6 is 15.9 Å². The summed E-state index contributed by atoms with van der Waals surface area (Å²) in [6.07, 6.45) is 0. The molecule has 0 unspecified atom stereocenters. The quantitative estimate of drug-likeness (QED) is 0.490. The van der Waals surface area contributed by atoms with Crippen LogP contribution in [0.2, 0.25) is 0 Å². The molecule has 116 valence electrons. The zero-order valence-corrected chi connectivity index (χ0v) is 13.6. The van der Waals surface area contributed by atoms with Gasteiger partial charge in [0.2, 0.25) is 11.5 Å². The van der Waals surface area contributed by atoms with E-state index in [4.69, 9.17) is 10.00 Å². The van der Waals surface area contributed by atoms with E-state index in [1.807, 2.05) is 0 Å². The molecule has 0 aliphatic heterocycles. The topological polar surface area (TPSA) is 74.5 Å². The highest BCUT2D eigenvalue weighted by atomic mass is 79.9. The minimum Gasteiger partial charge on any atom is -0.497 e. The lowest BCUT2D eigenvalue weighted by Crippen LogP contribution is -2.15. The smallest absolute Gasteiger partial charge is 0.225 e. The Kier molecular flexibility index (Phi) is 5.44. The van der Waals surface area contributed by atoms with Crippen LogP contribution in [0.15, 0.2) is 52.0 Å². The molecule has 5 nitrogen and oxygen atoms in total. The van der Waals surface area contributed by atoms with Gasteiger partial charge in [-0.25, -0.2) is 4.39 Å². The van der Waals surface area contributed by atoms with Gasteiger partial charge in [-0.05, 0) is 42.5 Å². The highest BCUT2D eigenvalue weighted by Gasteiger charge is 2.18. The average Bonchev–Trinajstić information content (AvgIpc) is 2.57. The van der Waals surface area contributed by atoms with E-state index in [1.54, 1.807) is 18.2 Å². The second kappa shape index (κ2) is 7.51. The van der Waals surface area contributed by atoms with Crippen LogP contribution in [-0.2, 0) is 0 Å². The van der Waals surface area contributed by atoms with Crippen molar-refractivity contribution in [1.82, 2.24) is 0 Å². The average molecular weight is 376 g/mol. The molecule has 2 aromatic rings. The summed E-state index contributed by atoms with van der Waals surface area (Å²) in [6, 6.07) is 12.0. The number of hydrogen-bond donors (Lipinski definition) is 1. The molecule has 0 radical (unpaired) electrons. The molecule has 0 atom stereocenters. The monoisotopic (exact) mass is 375 g/mol. The van der Waals surface area contributed by atoms with Gasteiger partial charge in [0.1, 0.15) is 17.6 Å². The van der Waals surface area contributed by atoms with E-state index in [0.717, 1.165) is 0 Å². The third kappa shape index (κ3) is 4.14. The molecule has 2 rings (SSSR count). The Labute approximate surface area is 140 Å². The Bertz CT molecular complexity index is 798. The molecule has 23 heavy (non-hydrogen) atoms. The van der Waals surface area contributed by atoms with E-state index in [0.29, 0.717) is 15.9 Å². The van der Waals surface area contributed by atoms with Gasteiger partial charge in [-0.15, -0.1) is 0 Å². The SMILES string of the molecule is COc1ccc(Br)c(C(=O)/C(C#N)=N\Nc2ccc(F)cc2)c1. The third-order valence-corrected chi connectivity index (χ3v) is 3.57. The Morgan fingerprint density at radius 1 is 1.30 bits per heavy atom. The number of benzene rings is 2. The van der Waals surface area contributed by atoms with Crippen LogP contribution in [0.4, 0.5) is 10.1 Å². The van der Waals surface area contributed by atoms with Crippen molar-refractivity contribution in [3.05, 3.63) is 58.3 Å². The lowest BCUT2D eigenvalue weighted by atomic mass is 10.1. The fraction of sp³-hybridized carbons (Fsp3) is 0.0625. The number of halogens is 2. The lowest BCUT2D eigenvalue weighted by molar-refractivity contribution is 0.106.